The first-order chi connectivity index (χ1) is 14.9. The van der Waals surface area contributed by atoms with Crippen LogP contribution in [0, 0.1) is 0 Å². The quantitative estimate of drug-likeness (QED) is 0.490. The SMILES string of the molecule is C=[N+](C(=O)NCc1cccnc1)c1ccc(S(=O)(=O)N2CCc3ncccc3C2)cc1. The lowest BCUT2D eigenvalue weighted by atomic mass is 10.1. The summed E-state index contributed by atoms with van der Waals surface area (Å²) in [6, 6.07) is 13.1. The van der Waals surface area contributed by atoms with Gasteiger partial charge >= 0.3 is 6.03 Å². The molecule has 0 spiro atoms. The number of hydrogen-bond acceptors (Lipinski definition) is 5. The van der Waals surface area contributed by atoms with Crippen molar-refractivity contribution >= 4 is 28.5 Å². The number of pyridine rings is 2. The molecule has 8 nitrogen and oxygen atoms in total. The fourth-order valence-corrected chi connectivity index (χ4v) is 4.80. The summed E-state index contributed by atoms with van der Waals surface area (Å²) in [6.07, 6.45) is 5.63. The molecule has 0 aliphatic carbocycles. The Balaban J connectivity index is 1.43. The highest BCUT2D eigenvalue weighted by Gasteiger charge is 2.29. The van der Waals surface area contributed by atoms with Crippen molar-refractivity contribution < 1.29 is 17.8 Å². The average Bonchev–Trinajstić information content (AvgIpc) is 2.82. The summed E-state index contributed by atoms with van der Waals surface area (Å²) in [7, 11) is -3.65. The predicted molar refractivity (Wildman–Crippen MR) is 115 cm³/mol. The summed E-state index contributed by atoms with van der Waals surface area (Å²) >= 11 is 0. The van der Waals surface area contributed by atoms with Crippen molar-refractivity contribution in [3.63, 3.8) is 0 Å². The van der Waals surface area contributed by atoms with Crippen LogP contribution in [0.15, 0.2) is 72.0 Å². The molecular weight excluding hydrogens is 414 g/mol. The van der Waals surface area contributed by atoms with Crippen LogP contribution in [0.2, 0.25) is 0 Å². The van der Waals surface area contributed by atoms with Gasteiger partial charge in [-0.1, -0.05) is 12.1 Å². The van der Waals surface area contributed by atoms with Crippen LogP contribution in [0.1, 0.15) is 16.8 Å². The van der Waals surface area contributed by atoms with Crippen molar-refractivity contribution in [1.82, 2.24) is 19.6 Å². The van der Waals surface area contributed by atoms with Crippen LogP contribution in [-0.2, 0) is 29.5 Å². The van der Waals surface area contributed by atoms with Gasteiger partial charge in [0.1, 0.15) is 12.2 Å². The smallest absolute Gasteiger partial charge is 0.264 e. The van der Waals surface area contributed by atoms with Gasteiger partial charge in [0.25, 0.3) is 0 Å². The molecule has 4 rings (SSSR count). The monoisotopic (exact) mass is 436 g/mol. The van der Waals surface area contributed by atoms with Crippen molar-refractivity contribution in [2.24, 2.45) is 0 Å². The highest BCUT2D eigenvalue weighted by Crippen LogP contribution is 2.25. The molecule has 0 fully saturated rings. The Morgan fingerprint density at radius 2 is 1.90 bits per heavy atom. The predicted octanol–water partition coefficient (Wildman–Crippen LogP) is 2.48. The largest absolute Gasteiger partial charge is 0.495 e. The molecule has 3 heterocycles. The third-order valence-electron chi connectivity index (χ3n) is 5.13. The summed E-state index contributed by atoms with van der Waals surface area (Å²) in [5.74, 6) is 0. The number of rotatable bonds is 5. The molecule has 0 atom stereocenters. The van der Waals surface area contributed by atoms with Crippen molar-refractivity contribution in [3.05, 3.63) is 83.9 Å². The fourth-order valence-electron chi connectivity index (χ4n) is 3.39. The molecule has 0 bridgehead atoms. The van der Waals surface area contributed by atoms with Gasteiger partial charge in [0.05, 0.1) is 11.6 Å². The maximum Gasteiger partial charge on any atom is 0.495 e. The van der Waals surface area contributed by atoms with Crippen LogP contribution in [0.5, 0.6) is 0 Å². The van der Waals surface area contributed by atoms with Gasteiger partial charge in [-0.25, -0.2) is 13.7 Å². The van der Waals surface area contributed by atoms with Gasteiger partial charge < -0.3 is 0 Å². The van der Waals surface area contributed by atoms with E-state index in [0.29, 0.717) is 31.7 Å². The highest BCUT2D eigenvalue weighted by molar-refractivity contribution is 7.89. The molecule has 0 unspecified atom stereocenters. The maximum atomic E-state index is 13.1. The Morgan fingerprint density at radius 1 is 1.13 bits per heavy atom. The van der Waals surface area contributed by atoms with E-state index >= 15 is 0 Å². The van der Waals surface area contributed by atoms with Gasteiger partial charge in [0.15, 0.2) is 0 Å². The number of aromatic nitrogens is 2. The Bertz CT molecular complexity index is 1210. The average molecular weight is 437 g/mol. The molecule has 158 valence electrons. The number of benzene rings is 1. The molecular formula is C22H22N5O3S+. The standard InChI is InChI=1S/C22H21N5O3S/c1-26(22(28)25-15-17-4-2-11-23-14-17)19-6-8-20(9-7-19)31(29,30)27-13-10-21-18(16-27)5-3-12-24-21/h2-9,11-12,14H,1,10,13,15-16H2/p+1. The van der Waals surface area contributed by atoms with E-state index in [0.717, 1.165) is 16.8 Å². The Kier molecular flexibility index (Phi) is 5.88. The summed E-state index contributed by atoms with van der Waals surface area (Å²) < 4.78 is 28.8. The molecule has 31 heavy (non-hydrogen) atoms. The molecule has 1 aliphatic heterocycles. The molecule has 0 saturated carbocycles. The molecule has 0 radical (unpaired) electrons. The molecule has 3 aromatic rings. The summed E-state index contributed by atoms with van der Waals surface area (Å²) in [5, 5.41) is 2.76. The van der Waals surface area contributed by atoms with Crippen molar-refractivity contribution in [2.45, 2.75) is 24.4 Å². The summed E-state index contributed by atoms with van der Waals surface area (Å²) in [4.78, 5) is 20.9. The minimum absolute atomic E-state index is 0.174. The topological polar surface area (TPSA) is 95.3 Å². The van der Waals surface area contributed by atoms with E-state index in [1.54, 1.807) is 36.8 Å². The zero-order valence-electron chi connectivity index (χ0n) is 16.8. The first-order valence-electron chi connectivity index (χ1n) is 9.75. The van der Waals surface area contributed by atoms with Crippen molar-refractivity contribution in [2.75, 3.05) is 6.54 Å². The minimum Gasteiger partial charge on any atom is -0.264 e. The van der Waals surface area contributed by atoms with E-state index in [1.165, 1.54) is 21.0 Å². The number of carbonyl (C=O) groups excluding carboxylic acids is 1. The Hall–Kier alpha value is -3.43. The second kappa shape index (κ2) is 8.75. The van der Waals surface area contributed by atoms with E-state index in [4.69, 9.17) is 0 Å². The minimum atomic E-state index is -3.65. The van der Waals surface area contributed by atoms with E-state index in [2.05, 4.69) is 22.0 Å². The first-order valence-corrected chi connectivity index (χ1v) is 11.2. The number of urea groups is 1. The second-order valence-electron chi connectivity index (χ2n) is 7.14. The Labute approximate surface area is 181 Å². The van der Waals surface area contributed by atoms with E-state index in [9.17, 15) is 13.2 Å². The van der Waals surface area contributed by atoms with E-state index in [-0.39, 0.29) is 4.90 Å². The molecule has 1 aromatic carbocycles. The van der Waals surface area contributed by atoms with Gasteiger partial charge in [0.2, 0.25) is 10.0 Å². The highest BCUT2D eigenvalue weighted by atomic mass is 32.2. The molecule has 1 aliphatic rings. The molecule has 0 saturated heterocycles. The van der Waals surface area contributed by atoms with Gasteiger partial charge in [-0.05, 0) is 42.0 Å². The van der Waals surface area contributed by atoms with Gasteiger partial charge in [-0.2, -0.15) is 13.7 Å². The lowest BCUT2D eigenvalue weighted by Gasteiger charge is -2.27. The first kappa shape index (κ1) is 20.8. The number of hydrogen-bond donors (Lipinski definition) is 1. The molecule has 9 heteroatoms. The van der Waals surface area contributed by atoms with Crippen LogP contribution in [0.25, 0.3) is 0 Å². The third kappa shape index (κ3) is 4.52. The van der Waals surface area contributed by atoms with Gasteiger partial charge in [0, 0.05) is 49.4 Å². The van der Waals surface area contributed by atoms with Gasteiger partial charge in [-0.3, -0.25) is 9.97 Å². The lowest BCUT2D eigenvalue weighted by molar-refractivity contribution is -0.323. The Morgan fingerprint density at radius 3 is 2.65 bits per heavy atom. The molecule has 2 amide bonds. The van der Waals surface area contributed by atoms with E-state index < -0.39 is 16.1 Å². The molecule has 1 N–H and O–H groups in total. The second-order valence-corrected chi connectivity index (χ2v) is 9.08. The number of sulfonamides is 1. The fraction of sp³-hybridized carbons (Fsp3) is 0.182. The number of fused-ring (bicyclic) bond motifs is 1. The van der Waals surface area contributed by atoms with E-state index in [1.807, 2.05) is 18.2 Å². The number of nitrogens with zero attached hydrogens (tertiary/aromatic N) is 4. The third-order valence-corrected chi connectivity index (χ3v) is 6.99. The van der Waals surface area contributed by atoms with Crippen LogP contribution in [0.3, 0.4) is 0 Å². The molecule has 2 aromatic heterocycles. The van der Waals surface area contributed by atoms with Crippen LogP contribution in [0.4, 0.5) is 10.5 Å². The van der Waals surface area contributed by atoms with Gasteiger partial charge in [-0.15, -0.1) is 0 Å². The zero-order chi connectivity index (χ0) is 21.8. The number of amides is 2. The van der Waals surface area contributed by atoms with Crippen LogP contribution < -0.4 is 5.32 Å². The van der Waals surface area contributed by atoms with Crippen LogP contribution in [-0.4, -0.2) is 46.6 Å². The maximum absolute atomic E-state index is 13.1. The van der Waals surface area contributed by atoms with Crippen molar-refractivity contribution in [3.8, 4) is 0 Å². The van der Waals surface area contributed by atoms with Crippen molar-refractivity contribution in [1.29, 1.82) is 0 Å². The number of nitrogens with one attached hydrogen (secondary N) is 1. The zero-order valence-corrected chi connectivity index (χ0v) is 17.6. The lowest BCUT2D eigenvalue weighted by Crippen LogP contribution is -2.36. The normalized spacial score (nSPS) is 13.9. The number of carbonyl (C=O) groups is 1. The summed E-state index contributed by atoms with van der Waals surface area (Å²) in [5.41, 5.74) is 3.21. The van der Waals surface area contributed by atoms with Crippen LogP contribution >= 0.6 is 0 Å². The summed E-state index contributed by atoms with van der Waals surface area (Å²) in [6.45, 7) is 4.76.